The molecule has 0 spiro atoms. The lowest BCUT2D eigenvalue weighted by molar-refractivity contribution is 0.340. The van der Waals surface area contributed by atoms with Gasteiger partial charge in [-0.25, -0.2) is 4.39 Å². The van der Waals surface area contributed by atoms with Gasteiger partial charge in [0.25, 0.3) is 0 Å². The highest BCUT2D eigenvalue weighted by molar-refractivity contribution is 4.93. The van der Waals surface area contributed by atoms with E-state index in [0.717, 1.165) is 19.3 Å². The first-order valence-corrected chi connectivity index (χ1v) is 3.97. The maximum absolute atomic E-state index is 12.3. The third-order valence-electron chi connectivity index (χ3n) is 1.50. The Labute approximate surface area is 63.1 Å². The van der Waals surface area contributed by atoms with Crippen LogP contribution in [0.15, 0.2) is 12.2 Å². The molecule has 0 fully saturated rings. The molecule has 0 aliphatic carbocycles. The summed E-state index contributed by atoms with van der Waals surface area (Å²) in [6.07, 6.45) is 2.99. The Morgan fingerprint density at radius 1 is 1.50 bits per heavy atom. The molecule has 0 N–H and O–H groups in total. The van der Waals surface area contributed by atoms with E-state index in [9.17, 15) is 4.39 Å². The Balaban J connectivity index is 3.22. The molecule has 0 aromatic carbocycles. The Morgan fingerprint density at radius 2 is 2.10 bits per heavy atom. The second-order valence-electron chi connectivity index (χ2n) is 2.82. The summed E-state index contributed by atoms with van der Waals surface area (Å²) in [7, 11) is 0. The molecule has 60 valence electrons. The van der Waals surface area contributed by atoms with Crippen LogP contribution >= 0.6 is 0 Å². The van der Waals surface area contributed by atoms with Crippen LogP contribution in [0.3, 0.4) is 0 Å². The molecule has 0 aliphatic rings. The van der Waals surface area contributed by atoms with Gasteiger partial charge in [0.2, 0.25) is 0 Å². The molecule has 10 heavy (non-hydrogen) atoms. The van der Waals surface area contributed by atoms with Crippen LogP contribution in [0.4, 0.5) is 4.39 Å². The van der Waals surface area contributed by atoms with E-state index in [4.69, 9.17) is 0 Å². The molecule has 0 saturated heterocycles. The Hall–Kier alpha value is -0.330. The fraction of sp³-hybridized carbons (Fsp3) is 0.778. The molecular formula is C9H17F. The average Bonchev–Trinajstić information content (AvgIpc) is 1.85. The van der Waals surface area contributed by atoms with Crippen LogP contribution in [0.2, 0.25) is 0 Å². The van der Waals surface area contributed by atoms with E-state index in [-0.39, 0.29) is 0 Å². The van der Waals surface area contributed by atoms with Crippen molar-refractivity contribution in [3.63, 3.8) is 0 Å². The average molecular weight is 144 g/mol. The quantitative estimate of drug-likeness (QED) is 0.518. The monoisotopic (exact) mass is 144 g/mol. The molecule has 0 amide bonds. The fourth-order valence-corrected chi connectivity index (χ4v) is 0.882. The minimum absolute atomic E-state index is 0.638. The predicted molar refractivity (Wildman–Crippen MR) is 43.9 cm³/mol. The van der Waals surface area contributed by atoms with E-state index in [1.807, 2.05) is 0 Å². The van der Waals surface area contributed by atoms with Crippen molar-refractivity contribution in [3.8, 4) is 0 Å². The van der Waals surface area contributed by atoms with Gasteiger partial charge in [0.1, 0.15) is 0 Å². The largest absolute Gasteiger partial charge is 0.248 e. The van der Waals surface area contributed by atoms with Gasteiger partial charge in [0.15, 0.2) is 0 Å². The van der Waals surface area contributed by atoms with Crippen LogP contribution in [-0.2, 0) is 0 Å². The van der Waals surface area contributed by atoms with Gasteiger partial charge < -0.3 is 0 Å². The van der Waals surface area contributed by atoms with E-state index < -0.39 is 6.17 Å². The van der Waals surface area contributed by atoms with Crippen molar-refractivity contribution in [2.45, 2.75) is 45.7 Å². The summed E-state index contributed by atoms with van der Waals surface area (Å²) in [6, 6.07) is 0. The minimum atomic E-state index is -0.673. The SMILES string of the molecule is C=C(CCC)CC[C@H](C)F. The van der Waals surface area contributed by atoms with Gasteiger partial charge >= 0.3 is 0 Å². The zero-order valence-electron chi connectivity index (χ0n) is 6.99. The van der Waals surface area contributed by atoms with Gasteiger partial charge in [-0.05, 0) is 26.2 Å². The standard InChI is InChI=1S/C9H17F/c1-4-5-8(2)6-7-9(3)10/h9H,2,4-7H2,1,3H3/t9-/m0/s1. The summed E-state index contributed by atoms with van der Waals surface area (Å²) in [5, 5.41) is 0. The molecule has 0 bridgehead atoms. The first kappa shape index (κ1) is 9.67. The third kappa shape index (κ3) is 5.80. The summed E-state index contributed by atoms with van der Waals surface area (Å²) in [6.45, 7) is 7.56. The molecule has 0 unspecified atom stereocenters. The van der Waals surface area contributed by atoms with E-state index >= 15 is 0 Å². The smallest absolute Gasteiger partial charge is 0.0976 e. The Kier molecular flexibility index (Phi) is 5.27. The molecular weight excluding hydrogens is 127 g/mol. The summed E-state index contributed by atoms with van der Waals surface area (Å²) < 4.78 is 12.3. The normalized spacial score (nSPS) is 13.1. The molecule has 0 saturated carbocycles. The third-order valence-corrected chi connectivity index (χ3v) is 1.50. The van der Waals surface area contributed by atoms with Gasteiger partial charge in [0.05, 0.1) is 6.17 Å². The van der Waals surface area contributed by atoms with Crippen molar-refractivity contribution in [3.05, 3.63) is 12.2 Å². The van der Waals surface area contributed by atoms with Crippen LogP contribution in [0.25, 0.3) is 0 Å². The van der Waals surface area contributed by atoms with E-state index in [1.54, 1.807) is 6.92 Å². The molecule has 0 aromatic rings. The molecule has 0 nitrogen and oxygen atoms in total. The molecule has 0 radical (unpaired) electrons. The molecule has 0 heterocycles. The van der Waals surface area contributed by atoms with Crippen molar-refractivity contribution in [1.29, 1.82) is 0 Å². The highest BCUT2D eigenvalue weighted by atomic mass is 19.1. The Bertz CT molecular complexity index is 94.9. The number of allylic oxidation sites excluding steroid dienone is 1. The second kappa shape index (κ2) is 5.45. The summed E-state index contributed by atoms with van der Waals surface area (Å²) in [5.41, 5.74) is 1.19. The second-order valence-corrected chi connectivity index (χ2v) is 2.82. The zero-order valence-corrected chi connectivity index (χ0v) is 6.99. The van der Waals surface area contributed by atoms with Crippen molar-refractivity contribution in [2.75, 3.05) is 0 Å². The van der Waals surface area contributed by atoms with Gasteiger partial charge in [-0.1, -0.05) is 25.5 Å². The van der Waals surface area contributed by atoms with E-state index in [0.29, 0.717) is 6.42 Å². The van der Waals surface area contributed by atoms with Crippen LogP contribution in [0.5, 0.6) is 0 Å². The van der Waals surface area contributed by atoms with Gasteiger partial charge in [-0.2, -0.15) is 0 Å². The van der Waals surface area contributed by atoms with Crippen LogP contribution in [0.1, 0.15) is 39.5 Å². The lowest BCUT2D eigenvalue weighted by atomic mass is 10.1. The first-order valence-electron chi connectivity index (χ1n) is 3.97. The lowest BCUT2D eigenvalue weighted by Crippen LogP contribution is -1.92. The van der Waals surface area contributed by atoms with Gasteiger partial charge in [-0.3, -0.25) is 0 Å². The number of alkyl halides is 1. The van der Waals surface area contributed by atoms with Crippen LogP contribution in [0, 0.1) is 0 Å². The molecule has 1 atom stereocenters. The molecule has 0 rings (SSSR count). The summed E-state index contributed by atoms with van der Waals surface area (Å²) in [4.78, 5) is 0. The summed E-state index contributed by atoms with van der Waals surface area (Å²) in [5.74, 6) is 0. The molecule has 1 heteroatoms. The van der Waals surface area contributed by atoms with Crippen molar-refractivity contribution < 1.29 is 4.39 Å². The van der Waals surface area contributed by atoms with Crippen LogP contribution in [-0.4, -0.2) is 6.17 Å². The van der Waals surface area contributed by atoms with Gasteiger partial charge in [-0.15, -0.1) is 0 Å². The number of rotatable bonds is 5. The maximum atomic E-state index is 12.3. The number of hydrogen-bond acceptors (Lipinski definition) is 0. The highest BCUT2D eigenvalue weighted by Gasteiger charge is 1.98. The molecule has 0 aromatic heterocycles. The zero-order chi connectivity index (χ0) is 7.98. The first-order chi connectivity index (χ1) is 4.66. The van der Waals surface area contributed by atoms with Gasteiger partial charge in [0, 0.05) is 0 Å². The van der Waals surface area contributed by atoms with Crippen LogP contribution < -0.4 is 0 Å². The van der Waals surface area contributed by atoms with E-state index in [2.05, 4.69) is 13.5 Å². The van der Waals surface area contributed by atoms with E-state index in [1.165, 1.54) is 5.57 Å². The minimum Gasteiger partial charge on any atom is -0.248 e. The van der Waals surface area contributed by atoms with Crippen molar-refractivity contribution in [1.82, 2.24) is 0 Å². The highest BCUT2D eigenvalue weighted by Crippen LogP contribution is 2.12. The van der Waals surface area contributed by atoms with Crippen molar-refractivity contribution in [2.24, 2.45) is 0 Å². The lowest BCUT2D eigenvalue weighted by Gasteiger charge is -2.03. The topological polar surface area (TPSA) is 0 Å². The van der Waals surface area contributed by atoms with Crippen molar-refractivity contribution >= 4 is 0 Å². The molecule has 0 aliphatic heterocycles. The number of hydrogen-bond donors (Lipinski definition) is 0. The summed E-state index contributed by atoms with van der Waals surface area (Å²) >= 11 is 0. The predicted octanol–water partition coefficient (Wildman–Crippen LogP) is 3.48. The fourth-order valence-electron chi connectivity index (χ4n) is 0.882. The maximum Gasteiger partial charge on any atom is 0.0976 e. The Morgan fingerprint density at radius 3 is 2.50 bits per heavy atom. The number of halogens is 1.